The molecule has 1 radical (unpaired) electrons. The first kappa shape index (κ1) is 5.37. The molecule has 0 bridgehead atoms. The van der Waals surface area contributed by atoms with E-state index >= 15 is 0 Å². The van der Waals surface area contributed by atoms with Gasteiger partial charge in [0.05, 0.1) is 0 Å². The fraction of sp³-hybridized carbons (Fsp3) is 0. The van der Waals surface area contributed by atoms with E-state index < -0.39 is 6.03 Å². The number of hydrogen-bond donors (Lipinski definition) is 1. The summed E-state index contributed by atoms with van der Waals surface area (Å²) in [5.74, 6) is 0. The molecule has 8 heavy (non-hydrogen) atoms. The fourth-order valence-corrected chi connectivity index (χ4v) is 0.484. The molecule has 0 aromatic heterocycles. The number of carbonyl (C=O) groups excluding carboxylic acids is 1. The maximum absolute atomic E-state index is 10.2. The highest BCUT2D eigenvalue weighted by atomic mass is 32.1. The summed E-state index contributed by atoms with van der Waals surface area (Å²) in [5, 5.41) is 3.73. The van der Waals surface area contributed by atoms with Crippen LogP contribution in [0.1, 0.15) is 0 Å². The minimum atomic E-state index is -0.488. The van der Waals surface area contributed by atoms with E-state index in [4.69, 9.17) is 0 Å². The molecule has 3 nitrogen and oxygen atoms in total. The van der Waals surface area contributed by atoms with Gasteiger partial charge < -0.3 is 0 Å². The number of urea groups is 1. The lowest BCUT2D eigenvalue weighted by molar-refractivity contribution is 0.251. The van der Waals surface area contributed by atoms with E-state index in [2.05, 4.69) is 22.9 Å². The van der Waals surface area contributed by atoms with Crippen molar-refractivity contribution in [3.8, 4) is 0 Å². The number of amides is 2. The average Bonchev–Trinajstić information content (AvgIpc) is 1.64. The molecular weight excluding hydrogens is 124 g/mol. The Labute approximate surface area is 51.9 Å². The number of nitrogens with zero attached hydrogens (tertiary/aromatic N) is 2. The lowest BCUT2D eigenvalue weighted by Crippen LogP contribution is -2.09. The van der Waals surface area contributed by atoms with Crippen LogP contribution in [-0.4, -0.2) is 11.1 Å². The Kier molecular flexibility index (Phi) is 1.34. The summed E-state index contributed by atoms with van der Waals surface area (Å²) in [5.41, 5.74) is 0. The summed E-state index contributed by atoms with van der Waals surface area (Å²) in [6, 6.07) is -0.488. The molecule has 1 aliphatic rings. The Morgan fingerprint density at radius 2 is 2.38 bits per heavy atom. The van der Waals surface area contributed by atoms with Gasteiger partial charge in [0, 0.05) is 6.20 Å². The molecule has 0 saturated carbocycles. The van der Waals surface area contributed by atoms with Crippen LogP contribution in [0.25, 0.3) is 0 Å². The maximum atomic E-state index is 10.2. The minimum Gasteiger partial charge on any atom is -0.244 e. The van der Waals surface area contributed by atoms with Crippen molar-refractivity contribution >= 4 is 23.7 Å². The van der Waals surface area contributed by atoms with Gasteiger partial charge in [0.25, 0.3) is 0 Å². The molecule has 0 N–H and O–H groups in total. The lowest BCUT2D eigenvalue weighted by atomic mass is 10.6. The van der Waals surface area contributed by atoms with Crippen LogP contribution < -0.4 is 5.32 Å². The van der Waals surface area contributed by atoms with Gasteiger partial charge in [-0.05, 0) is 6.08 Å². The third-order valence-corrected chi connectivity index (χ3v) is 0.868. The van der Waals surface area contributed by atoms with Crippen LogP contribution in [0.5, 0.6) is 0 Å². The van der Waals surface area contributed by atoms with Crippen LogP contribution in [-0.2, 0) is 0 Å². The van der Waals surface area contributed by atoms with E-state index in [9.17, 15) is 4.79 Å². The first-order valence-corrected chi connectivity index (χ1v) is 2.43. The van der Waals surface area contributed by atoms with Gasteiger partial charge in [0.2, 0.25) is 0 Å². The molecule has 0 aliphatic carbocycles. The zero-order valence-corrected chi connectivity index (χ0v) is 4.80. The molecule has 0 unspecified atom stereocenters. The summed E-state index contributed by atoms with van der Waals surface area (Å²) in [6.45, 7) is 0. The quantitative estimate of drug-likeness (QED) is 0.475. The molecule has 0 aromatic rings. The molecule has 4 heteroatoms. The monoisotopic (exact) mass is 127 g/mol. The summed E-state index contributed by atoms with van der Waals surface area (Å²) < 4.78 is 0. The lowest BCUT2D eigenvalue weighted by Gasteiger charge is -1.94. The van der Waals surface area contributed by atoms with Gasteiger partial charge in [-0.3, -0.25) is 0 Å². The first-order chi connectivity index (χ1) is 3.79. The standard InChI is InChI=1S/C4H3N2OS/c7-4-5-2-1-3(8)6-4/h1-2H,(H,6,7,8). The van der Waals surface area contributed by atoms with Gasteiger partial charge in [-0.2, -0.15) is 10.3 Å². The number of thiol groups is 1. The van der Waals surface area contributed by atoms with Gasteiger partial charge in [-0.15, -0.1) is 12.6 Å². The second-order valence-corrected chi connectivity index (χ2v) is 1.66. The van der Waals surface area contributed by atoms with Crippen molar-refractivity contribution in [2.75, 3.05) is 0 Å². The van der Waals surface area contributed by atoms with Crippen molar-refractivity contribution in [3.63, 3.8) is 0 Å². The largest absolute Gasteiger partial charge is 0.368 e. The molecule has 2 amide bonds. The Morgan fingerprint density at radius 3 is 2.75 bits per heavy atom. The maximum Gasteiger partial charge on any atom is 0.368 e. The number of carbonyl (C=O) groups is 1. The van der Waals surface area contributed by atoms with Gasteiger partial charge in [-0.25, -0.2) is 4.79 Å². The van der Waals surface area contributed by atoms with Crippen molar-refractivity contribution in [1.82, 2.24) is 5.32 Å². The van der Waals surface area contributed by atoms with Crippen molar-refractivity contribution in [2.45, 2.75) is 0 Å². The van der Waals surface area contributed by atoms with Gasteiger partial charge in [-0.1, -0.05) is 0 Å². The second kappa shape index (κ2) is 2.00. The highest BCUT2D eigenvalue weighted by Gasteiger charge is 2.00. The second-order valence-electron chi connectivity index (χ2n) is 1.20. The van der Waals surface area contributed by atoms with Crippen LogP contribution >= 0.6 is 12.6 Å². The van der Waals surface area contributed by atoms with Crippen LogP contribution in [0.3, 0.4) is 0 Å². The van der Waals surface area contributed by atoms with Crippen molar-refractivity contribution in [2.24, 2.45) is 4.99 Å². The predicted octanol–water partition coefficient (Wildman–Crippen LogP) is 0.566. The van der Waals surface area contributed by atoms with E-state index in [1.807, 2.05) is 0 Å². The van der Waals surface area contributed by atoms with Crippen LogP contribution in [0.15, 0.2) is 17.3 Å². The van der Waals surface area contributed by atoms with E-state index in [1.54, 1.807) is 6.08 Å². The van der Waals surface area contributed by atoms with Gasteiger partial charge in [0.15, 0.2) is 0 Å². The summed E-state index contributed by atoms with van der Waals surface area (Å²) in [6.07, 6.45) is 2.92. The topological polar surface area (TPSA) is 43.5 Å². The summed E-state index contributed by atoms with van der Waals surface area (Å²) in [4.78, 5) is 13.6. The van der Waals surface area contributed by atoms with Gasteiger partial charge in [0.1, 0.15) is 5.04 Å². The zero-order chi connectivity index (χ0) is 5.98. The molecule has 41 valence electrons. The third kappa shape index (κ3) is 1.10. The predicted molar refractivity (Wildman–Crippen MR) is 33.1 cm³/mol. The van der Waals surface area contributed by atoms with Crippen LogP contribution in [0, 0.1) is 0 Å². The Hall–Kier alpha value is -0.770. The minimum absolute atomic E-state index is 0.407. The van der Waals surface area contributed by atoms with E-state index in [-0.39, 0.29) is 0 Å². The average molecular weight is 127 g/mol. The van der Waals surface area contributed by atoms with E-state index in [0.29, 0.717) is 5.04 Å². The number of hydrogen-bond acceptors (Lipinski definition) is 1. The molecule has 0 spiro atoms. The van der Waals surface area contributed by atoms with E-state index in [1.165, 1.54) is 6.20 Å². The first-order valence-electron chi connectivity index (χ1n) is 1.98. The van der Waals surface area contributed by atoms with E-state index in [0.717, 1.165) is 0 Å². The highest BCUT2D eigenvalue weighted by molar-refractivity contribution is 7.97. The van der Waals surface area contributed by atoms with Crippen molar-refractivity contribution in [3.05, 3.63) is 12.3 Å². The molecule has 1 aliphatic heterocycles. The molecule has 0 saturated heterocycles. The third-order valence-electron chi connectivity index (χ3n) is 0.619. The van der Waals surface area contributed by atoms with Crippen molar-refractivity contribution in [1.29, 1.82) is 0 Å². The highest BCUT2D eigenvalue weighted by Crippen LogP contribution is 1.94. The number of rotatable bonds is 0. The molecule has 1 heterocycles. The fourth-order valence-electron chi connectivity index (χ4n) is 0.332. The van der Waals surface area contributed by atoms with Crippen LogP contribution in [0.4, 0.5) is 4.79 Å². The molecule has 1 rings (SSSR count). The molecule has 0 fully saturated rings. The molecule has 0 atom stereocenters. The number of aliphatic imine (C=N–C) groups is 1. The Morgan fingerprint density at radius 1 is 1.62 bits per heavy atom. The normalized spacial score (nSPS) is 17.6. The summed E-state index contributed by atoms with van der Waals surface area (Å²) >= 11 is 3.80. The van der Waals surface area contributed by atoms with Crippen molar-refractivity contribution < 1.29 is 4.79 Å². The Balaban J connectivity index is 2.77. The SMILES string of the molecule is O=C1[N]C=CC(S)=N1. The zero-order valence-electron chi connectivity index (χ0n) is 3.90. The Bertz CT molecular complexity index is 173. The van der Waals surface area contributed by atoms with Gasteiger partial charge >= 0.3 is 6.03 Å². The summed E-state index contributed by atoms with van der Waals surface area (Å²) in [7, 11) is 0. The van der Waals surface area contributed by atoms with Crippen LogP contribution in [0.2, 0.25) is 0 Å². The smallest absolute Gasteiger partial charge is 0.244 e. The molecule has 0 aromatic carbocycles. The molecular formula is C4H3N2OS.